The highest BCUT2D eigenvalue weighted by Gasteiger charge is 2.26. The van der Waals surface area contributed by atoms with E-state index in [0.29, 0.717) is 13.1 Å². The van der Waals surface area contributed by atoms with Crippen molar-refractivity contribution in [1.82, 2.24) is 9.62 Å². The van der Waals surface area contributed by atoms with Gasteiger partial charge in [-0.2, -0.15) is 0 Å². The number of hydrogen-bond acceptors (Lipinski definition) is 4. The van der Waals surface area contributed by atoms with E-state index in [1.54, 1.807) is 11.0 Å². The van der Waals surface area contributed by atoms with Gasteiger partial charge in [0, 0.05) is 31.1 Å². The number of sulfonamides is 1. The minimum atomic E-state index is -3.91. The molecule has 0 aromatic heterocycles. The molecule has 1 aromatic rings. The maximum absolute atomic E-state index is 12.5. The average molecular weight is 432 g/mol. The predicted octanol–water partition coefficient (Wildman–Crippen LogP) is 2.89. The van der Waals surface area contributed by atoms with Gasteiger partial charge in [0.1, 0.15) is 0 Å². The van der Waals surface area contributed by atoms with E-state index >= 15 is 0 Å². The molecule has 0 spiro atoms. The fraction of sp³-hybridized carbons (Fsp3) is 0.545. The molecular formula is C22H29N3O4S. The molecule has 1 aliphatic heterocycles. The Morgan fingerprint density at radius 1 is 1.07 bits per heavy atom. The third kappa shape index (κ3) is 4.53. The standard InChI is InChI=1S/C22H29N3O4S/c1-15(26)25-11-4-5-16(14-25)10-12-30(28,29)24-22(27)23-21-19-8-2-6-17(19)13-18-7-3-9-20(18)21/h10,12-13,16H,2-9,11,14H2,1H3,(H2,23,24,27)/b12-10+. The Morgan fingerprint density at radius 3 is 2.37 bits per heavy atom. The Hall–Kier alpha value is -2.35. The predicted molar refractivity (Wildman–Crippen MR) is 116 cm³/mol. The van der Waals surface area contributed by atoms with Crippen molar-refractivity contribution in [2.45, 2.75) is 58.3 Å². The highest BCUT2D eigenvalue weighted by molar-refractivity contribution is 7.92. The number of hydrogen-bond donors (Lipinski definition) is 2. The summed E-state index contributed by atoms with van der Waals surface area (Å²) in [6, 6.07) is 1.55. The number of nitrogens with zero attached hydrogens (tertiary/aromatic N) is 1. The lowest BCUT2D eigenvalue weighted by Gasteiger charge is -2.30. The Morgan fingerprint density at radius 2 is 1.73 bits per heavy atom. The summed E-state index contributed by atoms with van der Waals surface area (Å²) in [4.78, 5) is 25.8. The Labute approximate surface area is 178 Å². The van der Waals surface area contributed by atoms with Crippen molar-refractivity contribution in [3.8, 4) is 0 Å². The zero-order chi connectivity index (χ0) is 21.3. The summed E-state index contributed by atoms with van der Waals surface area (Å²) in [7, 11) is -3.91. The molecule has 4 rings (SSSR count). The molecule has 2 aliphatic carbocycles. The van der Waals surface area contributed by atoms with Crippen LogP contribution in [0.15, 0.2) is 17.6 Å². The van der Waals surface area contributed by atoms with Crippen LogP contribution in [0.4, 0.5) is 10.5 Å². The number of nitrogens with one attached hydrogen (secondary N) is 2. The van der Waals surface area contributed by atoms with E-state index in [1.165, 1.54) is 18.1 Å². The molecule has 3 aliphatic rings. The first-order valence-electron chi connectivity index (χ1n) is 10.8. The molecule has 2 N–H and O–H groups in total. The van der Waals surface area contributed by atoms with Gasteiger partial charge in [0.25, 0.3) is 10.0 Å². The molecular weight excluding hydrogens is 402 g/mol. The summed E-state index contributed by atoms with van der Waals surface area (Å²) in [5.74, 6) is -0.0284. The second-order valence-corrected chi connectivity index (χ2v) is 10.1. The lowest BCUT2D eigenvalue weighted by atomic mass is 9.98. The van der Waals surface area contributed by atoms with Crippen LogP contribution >= 0.6 is 0 Å². The van der Waals surface area contributed by atoms with Gasteiger partial charge in [-0.3, -0.25) is 4.79 Å². The number of amides is 3. The van der Waals surface area contributed by atoms with E-state index in [1.807, 2.05) is 0 Å². The van der Waals surface area contributed by atoms with Crippen LogP contribution in [0.2, 0.25) is 0 Å². The zero-order valence-corrected chi connectivity index (χ0v) is 18.2. The maximum atomic E-state index is 12.5. The molecule has 162 valence electrons. The summed E-state index contributed by atoms with van der Waals surface area (Å²) in [6.07, 6.45) is 9.23. The first kappa shape index (κ1) is 20.9. The van der Waals surface area contributed by atoms with Crippen LogP contribution in [-0.2, 0) is 40.5 Å². The molecule has 1 fully saturated rings. The van der Waals surface area contributed by atoms with Crippen molar-refractivity contribution < 1.29 is 18.0 Å². The van der Waals surface area contributed by atoms with E-state index in [2.05, 4.69) is 16.1 Å². The topological polar surface area (TPSA) is 95.6 Å². The second kappa shape index (κ2) is 8.41. The lowest BCUT2D eigenvalue weighted by Crippen LogP contribution is -2.38. The molecule has 1 aromatic carbocycles. The Bertz CT molecular complexity index is 968. The maximum Gasteiger partial charge on any atom is 0.333 e. The van der Waals surface area contributed by atoms with Crippen LogP contribution in [0.25, 0.3) is 0 Å². The Balaban J connectivity index is 1.43. The van der Waals surface area contributed by atoms with E-state index in [4.69, 9.17) is 0 Å². The van der Waals surface area contributed by atoms with Gasteiger partial charge in [0.15, 0.2) is 0 Å². The molecule has 7 nitrogen and oxygen atoms in total. The quantitative estimate of drug-likeness (QED) is 0.766. The number of urea groups is 1. The van der Waals surface area contributed by atoms with Crippen molar-refractivity contribution in [2.24, 2.45) is 5.92 Å². The Kier molecular flexibility index (Phi) is 5.86. The van der Waals surface area contributed by atoms with E-state index < -0.39 is 16.1 Å². The van der Waals surface area contributed by atoms with Crippen LogP contribution in [-0.4, -0.2) is 38.3 Å². The molecule has 0 radical (unpaired) electrons. The highest BCUT2D eigenvalue weighted by Crippen LogP contribution is 2.38. The van der Waals surface area contributed by atoms with Gasteiger partial charge < -0.3 is 10.2 Å². The number of aryl methyl sites for hydroxylation is 2. The highest BCUT2D eigenvalue weighted by atomic mass is 32.2. The molecule has 8 heteroatoms. The third-order valence-electron chi connectivity index (χ3n) is 6.38. The second-order valence-electron chi connectivity index (χ2n) is 8.53. The monoisotopic (exact) mass is 431 g/mol. The van der Waals surface area contributed by atoms with Crippen molar-refractivity contribution in [2.75, 3.05) is 18.4 Å². The summed E-state index contributed by atoms with van der Waals surface area (Å²) in [6.45, 7) is 2.74. The van der Waals surface area contributed by atoms with Gasteiger partial charge in [0.05, 0.1) is 0 Å². The fourth-order valence-electron chi connectivity index (χ4n) is 4.94. The van der Waals surface area contributed by atoms with Gasteiger partial charge >= 0.3 is 6.03 Å². The van der Waals surface area contributed by atoms with Gasteiger partial charge in [0.2, 0.25) is 5.91 Å². The fourth-order valence-corrected chi connectivity index (χ4v) is 5.74. The lowest BCUT2D eigenvalue weighted by molar-refractivity contribution is -0.130. The number of anilines is 1. The number of rotatable bonds is 4. The van der Waals surface area contributed by atoms with Gasteiger partial charge in [-0.15, -0.1) is 0 Å². The summed E-state index contributed by atoms with van der Waals surface area (Å²) in [5.41, 5.74) is 5.69. The van der Waals surface area contributed by atoms with Crippen LogP contribution in [0.1, 0.15) is 54.9 Å². The smallest absolute Gasteiger partial charge is 0.333 e. The SMILES string of the molecule is CC(=O)N1CCCC(/C=C/S(=O)(=O)NC(=O)Nc2c3c(cc4c2CCC4)CCC3)C1. The number of carbonyl (C=O) groups excluding carboxylic acids is 2. The van der Waals surface area contributed by atoms with Gasteiger partial charge in [-0.1, -0.05) is 12.1 Å². The molecule has 3 amide bonds. The average Bonchev–Trinajstić information content (AvgIpc) is 3.35. The first-order valence-corrected chi connectivity index (χ1v) is 12.3. The number of benzene rings is 1. The van der Waals surface area contributed by atoms with E-state index in [0.717, 1.165) is 73.6 Å². The van der Waals surface area contributed by atoms with Crippen molar-refractivity contribution in [3.05, 3.63) is 39.8 Å². The summed E-state index contributed by atoms with van der Waals surface area (Å²) in [5, 5.41) is 3.90. The van der Waals surface area contributed by atoms with E-state index in [-0.39, 0.29) is 11.8 Å². The number of carbonyl (C=O) groups is 2. The van der Waals surface area contributed by atoms with Crippen LogP contribution in [0.5, 0.6) is 0 Å². The van der Waals surface area contributed by atoms with Gasteiger partial charge in [-0.05, 0) is 79.5 Å². The van der Waals surface area contributed by atoms with E-state index in [9.17, 15) is 18.0 Å². The molecule has 1 heterocycles. The molecule has 1 unspecified atom stereocenters. The summed E-state index contributed by atoms with van der Waals surface area (Å²) >= 11 is 0. The minimum absolute atomic E-state index is 0.00335. The first-order chi connectivity index (χ1) is 14.3. The van der Waals surface area contributed by atoms with Crippen LogP contribution in [0, 0.1) is 5.92 Å². The largest absolute Gasteiger partial charge is 0.342 e. The third-order valence-corrected chi connectivity index (χ3v) is 7.36. The zero-order valence-electron chi connectivity index (χ0n) is 17.4. The number of fused-ring (bicyclic) bond motifs is 2. The van der Waals surface area contributed by atoms with Crippen molar-refractivity contribution in [1.29, 1.82) is 0 Å². The number of piperidine rings is 1. The molecule has 30 heavy (non-hydrogen) atoms. The minimum Gasteiger partial charge on any atom is -0.342 e. The molecule has 1 saturated heterocycles. The summed E-state index contributed by atoms with van der Waals surface area (Å²) < 4.78 is 27.0. The molecule has 0 bridgehead atoms. The van der Waals surface area contributed by atoms with Crippen molar-refractivity contribution >= 4 is 27.6 Å². The van der Waals surface area contributed by atoms with Gasteiger partial charge in [-0.25, -0.2) is 17.9 Å². The normalized spacial score (nSPS) is 20.8. The van der Waals surface area contributed by atoms with Crippen molar-refractivity contribution in [3.63, 3.8) is 0 Å². The van der Waals surface area contributed by atoms with Crippen LogP contribution in [0.3, 0.4) is 0 Å². The van der Waals surface area contributed by atoms with Crippen LogP contribution < -0.4 is 10.0 Å². The number of likely N-dealkylation sites (tertiary alicyclic amines) is 1. The molecule has 1 atom stereocenters. The molecule has 0 saturated carbocycles.